The summed E-state index contributed by atoms with van der Waals surface area (Å²) in [5, 5.41) is 28.0. The molecule has 22 heavy (non-hydrogen) atoms. The number of unbranched alkanes of at least 4 members (excludes halogenated alkanes) is 2. The molecule has 0 bridgehead atoms. The zero-order valence-electron chi connectivity index (χ0n) is 13.3. The van der Waals surface area contributed by atoms with E-state index < -0.39 is 18.2 Å². The van der Waals surface area contributed by atoms with E-state index in [4.69, 9.17) is 5.11 Å². The normalized spacial score (nSPS) is 20.9. The third-order valence-corrected chi connectivity index (χ3v) is 4.06. The lowest BCUT2D eigenvalue weighted by molar-refractivity contribution is -0.137. The summed E-state index contributed by atoms with van der Waals surface area (Å²) in [6.07, 6.45) is 13.7. The first-order valence-electron chi connectivity index (χ1n) is 8.17. The third-order valence-electron chi connectivity index (χ3n) is 4.06. The van der Waals surface area contributed by atoms with Crippen LogP contribution >= 0.6 is 0 Å². The van der Waals surface area contributed by atoms with Gasteiger partial charge in [0, 0.05) is 6.42 Å². The summed E-state index contributed by atoms with van der Waals surface area (Å²) in [5.41, 5.74) is 1.17. The first-order chi connectivity index (χ1) is 10.5. The van der Waals surface area contributed by atoms with E-state index in [2.05, 4.69) is 6.08 Å². The van der Waals surface area contributed by atoms with Gasteiger partial charge in [-0.1, -0.05) is 50.1 Å². The van der Waals surface area contributed by atoms with Crippen LogP contribution in [0.1, 0.15) is 51.9 Å². The van der Waals surface area contributed by atoms with Crippen LogP contribution in [0, 0.1) is 5.92 Å². The third kappa shape index (κ3) is 7.05. The van der Waals surface area contributed by atoms with Crippen molar-refractivity contribution in [1.82, 2.24) is 0 Å². The monoisotopic (exact) mass is 308 g/mol. The Balaban J connectivity index is 2.42. The van der Waals surface area contributed by atoms with Gasteiger partial charge in [-0.2, -0.15) is 0 Å². The number of carboxylic acids is 1. The van der Waals surface area contributed by atoms with Gasteiger partial charge in [-0.05, 0) is 37.2 Å². The predicted molar refractivity (Wildman–Crippen MR) is 87.5 cm³/mol. The van der Waals surface area contributed by atoms with Crippen molar-refractivity contribution < 1.29 is 20.1 Å². The second-order valence-electron chi connectivity index (χ2n) is 5.85. The number of carboxylic acid groups (broad SMARTS) is 1. The molecule has 0 radical (unpaired) electrons. The van der Waals surface area contributed by atoms with Gasteiger partial charge in [0.2, 0.25) is 0 Å². The highest BCUT2D eigenvalue weighted by Crippen LogP contribution is 2.27. The van der Waals surface area contributed by atoms with Crippen LogP contribution in [0.4, 0.5) is 0 Å². The smallest absolute Gasteiger partial charge is 0.303 e. The number of rotatable bonds is 10. The molecule has 0 heterocycles. The molecule has 3 N–H and O–H groups in total. The van der Waals surface area contributed by atoms with Crippen molar-refractivity contribution in [3.63, 3.8) is 0 Å². The number of hydrogen-bond donors (Lipinski definition) is 3. The molecule has 4 heteroatoms. The molecule has 1 rings (SSSR count). The van der Waals surface area contributed by atoms with Crippen molar-refractivity contribution >= 4 is 5.97 Å². The zero-order chi connectivity index (χ0) is 16.4. The number of aliphatic carboxylic acids is 1. The molecule has 0 aromatic rings. The quantitative estimate of drug-likeness (QED) is 0.542. The Morgan fingerprint density at radius 1 is 1.36 bits per heavy atom. The maximum absolute atomic E-state index is 10.5. The minimum absolute atomic E-state index is 0.244. The molecule has 3 atom stereocenters. The molecule has 4 nitrogen and oxygen atoms in total. The Morgan fingerprint density at radius 2 is 2.14 bits per heavy atom. The maximum Gasteiger partial charge on any atom is 0.303 e. The number of carbonyl (C=O) groups is 1. The fourth-order valence-electron chi connectivity index (χ4n) is 2.59. The summed E-state index contributed by atoms with van der Waals surface area (Å²) < 4.78 is 0. The fourth-order valence-corrected chi connectivity index (χ4v) is 2.59. The van der Waals surface area contributed by atoms with Crippen LogP contribution in [0.25, 0.3) is 0 Å². The van der Waals surface area contributed by atoms with Crippen LogP contribution in [-0.4, -0.2) is 33.5 Å². The van der Waals surface area contributed by atoms with Gasteiger partial charge in [-0.15, -0.1) is 0 Å². The Morgan fingerprint density at radius 3 is 2.82 bits per heavy atom. The van der Waals surface area contributed by atoms with E-state index in [-0.39, 0.29) is 6.42 Å². The van der Waals surface area contributed by atoms with Gasteiger partial charge in [-0.25, -0.2) is 0 Å². The minimum Gasteiger partial charge on any atom is -0.481 e. The summed E-state index contributed by atoms with van der Waals surface area (Å²) in [6.45, 7) is 1.84. The second kappa shape index (κ2) is 10.4. The van der Waals surface area contributed by atoms with E-state index in [1.165, 1.54) is 5.57 Å². The molecule has 0 aromatic heterocycles. The lowest BCUT2D eigenvalue weighted by Gasteiger charge is -2.20. The average molecular weight is 308 g/mol. The van der Waals surface area contributed by atoms with Crippen molar-refractivity contribution in [3.05, 3.63) is 36.0 Å². The summed E-state index contributed by atoms with van der Waals surface area (Å²) in [6, 6.07) is 0. The largest absolute Gasteiger partial charge is 0.481 e. The SMILES string of the molecule is CCC(O)C(O)/C=C/C1=CC=CCC1CCCCCC(=O)O. The molecule has 0 aromatic carbocycles. The fraction of sp³-hybridized carbons (Fsp3) is 0.611. The highest BCUT2D eigenvalue weighted by Gasteiger charge is 2.15. The van der Waals surface area contributed by atoms with Gasteiger partial charge in [0.1, 0.15) is 0 Å². The van der Waals surface area contributed by atoms with Crippen LogP contribution in [0.15, 0.2) is 36.0 Å². The Labute approximate surface area is 132 Å². The Kier molecular flexibility index (Phi) is 8.78. The average Bonchev–Trinajstić information content (AvgIpc) is 2.52. The first-order valence-corrected chi connectivity index (χ1v) is 8.17. The van der Waals surface area contributed by atoms with E-state index in [1.54, 1.807) is 6.08 Å². The van der Waals surface area contributed by atoms with E-state index >= 15 is 0 Å². The number of hydrogen-bond acceptors (Lipinski definition) is 3. The van der Waals surface area contributed by atoms with Crippen LogP contribution in [0.3, 0.4) is 0 Å². The number of allylic oxidation sites excluding steroid dienone is 5. The molecule has 3 unspecified atom stereocenters. The first kappa shape index (κ1) is 18.7. The molecular weight excluding hydrogens is 280 g/mol. The van der Waals surface area contributed by atoms with Crippen LogP contribution in [0.2, 0.25) is 0 Å². The molecule has 1 aliphatic carbocycles. The van der Waals surface area contributed by atoms with Gasteiger partial charge in [0.15, 0.2) is 0 Å². The van der Waals surface area contributed by atoms with Crippen molar-refractivity contribution in [3.8, 4) is 0 Å². The summed E-state index contributed by atoms with van der Waals surface area (Å²) in [4.78, 5) is 10.5. The molecule has 0 spiro atoms. The molecule has 1 aliphatic rings. The lowest BCUT2D eigenvalue weighted by Crippen LogP contribution is -2.22. The van der Waals surface area contributed by atoms with Crippen molar-refractivity contribution in [1.29, 1.82) is 0 Å². The summed E-state index contributed by atoms with van der Waals surface area (Å²) >= 11 is 0. The van der Waals surface area contributed by atoms with E-state index in [1.807, 2.05) is 25.2 Å². The summed E-state index contributed by atoms with van der Waals surface area (Å²) in [7, 11) is 0. The molecule has 0 saturated carbocycles. The van der Waals surface area contributed by atoms with Gasteiger partial charge in [0.25, 0.3) is 0 Å². The standard InChI is InChI=1S/C18H28O4/c1-2-16(19)17(20)13-12-15-10-7-6-9-14(15)8-4-3-5-11-18(21)22/h6-7,10,12-14,16-17,19-20H,2-5,8-9,11H2,1H3,(H,21,22)/b13-12+. The Bertz CT molecular complexity index is 423. The van der Waals surface area contributed by atoms with Crippen molar-refractivity contribution in [2.75, 3.05) is 0 Å². The van der Waals surface area contributed by atoms with Gasteiger partial charge >= 0.3 is 5.97 Å². The van der Waals surface area contributed by atoms with Gasteiger partial charge < -0.3 is 15.3 Å². The molecule has 0 amide bonds. The topological polar surface area (TPSA) is 77.8 Å². The second-order valence-corrected chi connectivity index (χ2v) is 5.85. The van der Waals surface area contributed by atoms with E-state index in [0.29, 0.717) is 12.3 Å². The minimum atomic E-state index is -0.826. The van der Waals surface area contributed by atoms with Crippen molar-refractivity contribution in [2.45, 2.75) is 64.1 Å². The molecule has 124 valence electrons. The molecular formula is C18H28O4. The van der Waals surface area contributed by atoms with E-state index in [0.717, 1.165) is 32.1 Å². The van der Waals surface area contributed by atoms with Gasteiger partial charge in [0.05, 0.1) is 12.2 Å². The number of aliphatic hydroxyl groups excluding tert-OH is 2. The molecule has 0 aliphatic heterocycles. The highest BCUT2D eigenvalue weighted by atomic mass is 16.4. The van der Waals surface area contributed by atoms with Crippen LogP contribution in [-0.2, 0) is 4.79 Å². The molecule has 0 fully saturated rings. The number of aliphatic hydroxyl groups is 2. The Hall–Kier alpha value is -1.39. The lowest BCUT2D eigenvalue weighted by atomic mass is 9.86. The van der Waals surface area contributed by atoms with Crippen molar-refractivity contribution in [2.24, 2.45) is 5.92 Å². The molecule has 0 saturated heterocycles. The van der Waals surface area contributed by atoms with Crippen LogP contribution < -0.4 is 0 Å². The maximum atomic E-state index is 10.5. The van der Waals surface area contributed by atoms with E-state index in [9.17, 15) is 15.0 Å². The van der Waals surface area contributed by atoms with Gasteiger partial charge in [-0.3, -0.25) is 4.79 Å². The predicted octanol–water partition coefficient (Wildman–Crippen LogP) is 3.21. The highest BCUT2D eigenvalue weighted by molar-refractivity contribution is 5.66. The summed E-state index contributed by atoms with van der Waals surface area (Å²) in [5.74, 6) is -0.315. The van der Waals surface area contributed by atoms with Crippen LogP contribution in [0.5, 0.6) is 0 Å². The zero-order valence-corrected chi connectivity index (χ0v) is 13.3.